The lowest BCUT2D eigenvalue weighted by atomic mass is 9.90. The second-order valence-electron chi connectivity index (χ2n) is 4.96. The first kappa shape index (κ1) is 14.5. The summed E-state index contributed by atoms with van der Waals surface area (Å²) in [7, 11) is 0. The standard InChI is InChI=1S/C14H18BrNO3/c1-10-8-11(15)2-3-12(10)13(18)16-14(9-17)4-6-19-7-5-14/h2-3,8,17H,4-7,9H2,1H3,(H,16,18). The molecule has 1 saturated heterocycles. The molecule has 0 atom stereocenters. The Labute approximate surface area is 121 Å². The molecule has 1 aromatic carbocycles. The first-order chi connectivity index (χ1) is 9.06. The molecular weight excluding hydrogens is 310 g/mol. The first-order valence-corrected chi connectivity index (χ1v) is 7.13. The number of carbonyl (C=O) groups is 1. The number of aliphatic hydroxyl groups excluding tert-OH is 1. The minimum absolute atomic E-state index is 0.0579. The van der Waals surface area contributed by atoms with Crippen molar-refractivity contribution in [1.29, 1.82) is 0 Å². The molecule has 0 unspecified atom stereocenters. The van der Waals surface area contributed by atoms with Gasteiger partial charge in [0.1, 0.15) is 0 Å². The number of hydrogen-bond donors (Lipinski definition) is 2. The van der Waals surface area contributed by atoms with Crippen molar-refractivity contribution in [3.8, 4) is 0 Å². The van der Waals surface area contributed by atoms with E-state index in [-0.39, 0.29) is 12.5 Å². The molecule has 4 nitrogen and oxygen atoms in total. The lowest BCUT2D eigenvalue weighted by molar-refractivity contribution is 0.0125. The van der Waals surface area contributed by atoms with Gasteiger partial charge >= 0.3 is 0 Å². The van der Waals surface area contributed by atoms with Crippen molar-refractivity contribution in [3.63, 3.8) is 0 Å². The van der Waals surface area contributed by atoms with E-state index in [9.17, 15) is 9.90 Å². The fraction of sp³-hybridized carbons (Fsp3) is 0.500. The van der Waals surface area contributed by atoms with Gasteiger partial charge in [-0.1, -0.05) is 15.9 Å². The minimum Gasteiger partial charge on any atom is -0.394 e. The van der Waals surface area contributed by atoms with E-state index in [0.29, 0.717) is 31.6 Å². The summed E-state index contributed by atoms with van der Waals surface area (Å²) < 4.78 is 6.23. The molecule has 0 aromatic heterocycles. The number of rotatable bonds is 3. The van der Waals surface area contributed by atoms with E-state index >= 15 is 0 Å². The van der Waals surface area contributed by atoms with Crippen LogP contribution in [0.4, 0.5) is 0 Å². The molecule has 1 amide bonds. The SMILES string of the molecule is Cc1cc(Br)ccc1C(=O)NC1(CO)CCOCC1. The average molecular weight is 328 g/mol. The summed E-state index contributed by atoms with van der Waals surface area (Å²) >= 11 is 3.38. The zero-order valence-corrected chi connectivity index (χ0v) is 12.5. The Kier molecular flexibility index (Phi) is 4.60. The number of amides is 1. The number of hydrogen-bond acceptors (Lipinski definition) is 3. The van der Waals surface area contributed by atoms with Gasteiger partial charge in [-0.05, 0) is 43.5 Å². The molecule has 1 heterocycles. The van der Waals surface area contributed by atoms with E-state index in [2.05, 4.69) is 21.2 Å². The molecule has 0 saturated carbocycles. The van der Waals surface area contributed by atoms with Gasteiger partial charge in [0.05, 0.1) is 12.1 Å². The topological polar surface area (TPSA) is 58.6 Å². The van der Waals surface area contributed by atoms with E-state index in [4.69, 9.17) is 4.74 Å². The molecule has 0 spiro atoms. The molecule has 2 rings (SSSR count). The van der Waals surface area contributed by atoms with Crippen LogP contribution in [-0.4, -0.2) is 36.4 Å². The summed E-state index contributed by atoms with van der Waals surface area (Å²) in [6.45, 7) is 2.98. The van der Waals surface area contributed by atoms with Crippen LogP contribution in [0.3, 0.4) is 0 Å². The van der Waals surface area contributed by atoms with Crippen LogP contribution in [0.15, 0.2) is 22.7 Å². The molecule has 1 aromatic rings. The van der Waals surface area contributed by atoms with Gasteiger partial charge in [-0.25, -0.2) is 0 Å². The smallest absolute Gasteiger partial charge is 0.252 e. The predicted molar refractivity (Wildman–Crippen MR) is 76.2 cm³/mol. The Morgan fingerprint density at radius 2 is 2.16 bits per heavy atom. The number of aryl methyl sites for hydroxylation is 1. The van der Waals surface area contributed by atoms with E-state index < -0.39 is 5.54 Å². The number of carbonyl (C=O) groups excluding carboxylic acids is 1. The van der Waals surface area contributed by atoms with Crippen molar-refractivity contribution < 1.29 is 14.6 Å². The Hall–Kier alpha value is -0.910. The maximum Gasteiger partial charge on any atom is 0.252 e. The van der Waals surface area contributed by atoms with Crippen molar-refractivity contribution in [2.45, 2.75) is 25.3 Å². The average Bonchev–Trinajstić information content (AvgIpc) is 2.39. The molecule has 2 N–H and O–H groups in total. The number of halogens is 1. The molecule has 0 radical (unpaired) electrons. The van der Waals surface area contributed by atoms with Gasteiger partial charge in [0.15, 0.2) is 0 Å². The minimum atomic E-state index is -0.547. The predicted octanol–water partition coefficient (Wildman–Crippen LogP) is 2.03. The van der Waals surface area contributed by atoms with Gasteiger partial charge < -0.3 is 15.2 Å². The van der Waals surface area contributed by atoms with Crippen LogP contribution in [-0.2, 0) is 4.74 Å². The summed E-state index contributed by atoms with van der Waals surface area (Å²) in [5, 5.41) is 12.5. The Morgan fingerprint density at radius 3 is 2.74 bits per heavy atom. The summed E-state index contributed by atoms with van der Waals surface area (Å²) in [5.74, 6) is -0.138. The van der Waals surface area contributed by atoms with Crippen molar-refractivity contribution in [1.82, 2.24) is 5.32 Å². The van der Waals surface area contributed by atoms with Crippen LogP contribution in [0, 0.1) is 6.92 Å². The zero-order chi connectivity index (χ0) is 13.9. The quantitative estimate of drug-likeness (QED) is 0.893. The molecule has 0 aliphatic carbocycles. The summed E-state index contributed by atoms with van der Waals surface area (Å²) in [4.78, 5) is 12.3. The summed E-state index contributed by atoms with van der Waals surface area (Å²) in [6, 6.07) is 5.54. The normalized spacial score (nSPS) is 18.1. The first-order valence-electron chi connectivity index (χ1n) is 6.34. The second-order valence-corrected chi connectivity index (χ2v) is 5.88. The van der Waals surface area contributed by atoms with E-state index in [1.807, 2.05) is 19.1 Å². The third kappa shape index (κ3) is 3.35. The molecule has 0 bridgehead atoms. The van der Waals surface area contributed by atoms with Crippen molar-refractivity contribution in [3.05, 3.63) is 33.8 Å². The van der Waals surface area contributed by atoms with Crippen molar-refractivity contribution in [2.75, 3.05) is 19.8 Å². The van der Waals surface area contributed by atoms with Gasteiger partial charge in [0.2, 0.25) is 0 Å². The highest BCUT2D eigenvalue weighted by atomic mass is 79.9. The fourth-order valence-electron chi connectivity index (χ4n) is 2.27. The monoisotopic (exact) mass is 327 g/mol. The van der Waals surface area contributed by atoms with E-state index in [0.717, 1.165) is 10.0 Å². The lowest BCUT2D eigenvalue weighted by Gasteiger charge is -2.36. The molecule has 19 heavy (non-hydrogen) atoms. The second kappa shape index (κ2) is 6.03. The lowest BCUT2D eigenvalue weighted by Crippen LogP contribution is -2.54. The molecular formula is C14H18BrNO3. The highest BCUT2D eigenvalue weighted by Gasteiger charge is 2.33. The van der Waals surface area contributed by atoms with E-state index in [1.165, 1.54) is 0 Å². The Bertz CT molecular complexity index is 470. The van der Waals surface area contributed by atoms with Gasteiger partial charge in [0.25, 0.3) is 5.91 Å². The maximum absolute atomic E-state index is 12.3. The largest absolute Gasteiger partial charge is 0.394 e. The zero-order valence-electron chi connectivity index (χ0n) is 10.9. The third-order valence-corrected chi connectivity index (χ3v) is 4.06. The highest BCUT2D eigenvalue weighted by Crippen LogP contribution is 2.22. The molecule has 5 heteroatoms. The fourth-order valence-corrected chi connectivity index (χ4v) is 2.75. The van der Waals surface area contributed by atoms with Crippen LogP contribution < -0.4 is 5.32 Å². The molecule has 104 valence electrons. The number of aliphatic hydroxyl groups is 1. The van der Waals surface area contributed by atoms with Gasteiger partial charge in [-0.2, -0.15) is 0 Å². The van der Waals surface area contributed by atoms with Crippen LogP contribution >= 0.6 is 15.9 Å². The summed E-state index contributed by atoms with van der Waals surface area (Å²) in [5.41, 5.74) is 1.00. The maximum atomic E-state index is 12.3. The van der Waals surface area contributed by atoms with Crippen LogP contribution in [0.1, 0.15) is 28.8 Å². The number of ether oxygens (including phenoxy) is 1. The number of benzene rings is 1. The number of nitrogens with one attached hydrogen (secondary N) is 1. The van der Waals surface area contributed by atoms with Gasteiger partial charge in [-0.3, -0.25) is 4.79 Å². The third-order valence-electron chi connectivity index (χ3n) is 3.56. The van der Waals surface area contributed by atoms with Gasteiger partial charge in [-0.15, -0.1) is 0 Å². The highest BCUT2D eigenvalue weighted by molar-refractivity contribution is 9.10. The van der Waals surface area contributed by atoms with Crippen molar-refractivity contribution in [2.24, 2.45) is 0 Å². The van der Waals surface area contributed by atoms with Crippen LogP contribution in [0.2, 0.25) is 0 Å². The molecule has 1 fully saturated rings. The van der Waals surface area contributed by atoms with Crippen molar-refractivity contribution >= 4 is 21.8 Å². The molecule has 1 aliphatic heterocycles. The molecule has 1 aliphatic rings. The van der Waals surface area contributed by atoms with Gasteiger partial charge in [0, 0.05) is 23.2 Å². The Morgan fingerprint density at radius 1 is 1.47 bits per heavy atom. The Balaban J connectivity index is 2.15. The summed E-state index contributed by atoms with van der Waals surface area (Å²) in [6.07, 6.45) is 1.29. The van der Waals surface area contributed by atoms with Crippen LogP contribution in [0.5, 0.6) is 0 Å². The van der Waals surface area contributed by atoms with E-state index in [1.54, 1.807) is 6.07 Å². The van der Waals surface area contributed by atoms with Crippen LogP contribution in [0.25, 0.3) is 0 Å².